The number of hydrogen-bond acceptors (Lipinski definition) is 4. The fraction of sp³-hybridized carbons (Fsp3) is 0.316. The molecule has 2 heterocycles. The average molecular weight is 323 g/mol. The highest BCUT2D eigenvalue weighted by atomic mass is 16.6. The molecule has 0 aliphatic carbocycles. The zero-order valence-electron chi connectivity index (χ0n) is 13.7. The van der Waals surface area contributed by atoms with E-state index in [1.165, 1.54) is 0 Å². The molecule has 0 saturated carbocycles. The van der Waals surface area contributed by atoms with Crippen LogP contribution in [0.1, 0.15) is 13.3 Å². The van der Waals surface area contributed by atoms with Crippen molar-refractivity contribution in [3.8, 4) is 22.9 Å². The van der Waals surface area contributed by atoms with Crippen LogP contribution in [0.5, 0.6) is 11.5 Å². The molecule has 124 valence electrons. The van der Waals surface area contributed by atoms with Gasteiger partial charge >= 0.3 is 0 Å². The summed E-state index contributed by atoms with van der Waals surface area (Å²) in [5.41, 5.74) is 9.25. The minimum absolute atomic E-state index is 0.0815. The molecule has 0 bridgehead atoms. The summed E-state index contributed by atoms with van der Waals surface area (Å²) in [5.74, 6) is 2.47. The molecule has 1 aromatic heterocycles. The monoisotopic (exact) mass is 323 g/mol. The highest BCUT2D eigenvalue weighted by Crippen LogP contribution is 2.36. The molecule has 24 heavy (non-hydrogen) atoms. The molecule has 0 amide bonds. The molecule has 5 nitrogen and oxygen atoms in total. The molecule has 5 heteroatoms. The zero-order valence-corrected chi connectivity index (χ0v) is 13.7. The lowest BCUT2D eigenvalue weighted by molar-refractivity contribution is 0.172. The van der Waals surface area contributed by atoms with Crippen molar-refractivity contribution in [3.63, 3.8) is 0 Å². The third kappa shape index (κ3) is 2.61. The van der Waals surface area contributed by atoms with Crippen LogP contribution in [0, 0.1) is 0 Å². The van der Waals surface area contributed by atoms with Gasteiger partial charge in [-0.05, 0) is 6.42 Å². The summed E-state index contributed by atoms with van der Waals surface area (Å²) in [6.07, 6.45) is 0.915. The molecule has 1 unspecified atom stereocenters. The first-order chi connectivity index (χ1) is 11.8. The van der Waals surface area contributed by atoms with Gasteiger partial charge in [0.05, 0.1) is 11.0 Å². The van der Waals surface area contributed by atoms with Crippen LogP contribution < -0.4 is 15.2 Å². The molecule has 0 radical (unpaired) electrons. The Morgan fingerprint density at radius 1 is 1.12 bits per heavy atom. The Morgan fingerprint density at radius 2 is 1.83 bits per heavy atom. The topological polar surface area (TPSA) is 62.3 Å². The van der Waals surface area contributed by atoms with Gasteiger partial charge in [-0.1, -0.05) is 37.3 Å². The summed E-state index contributed by atoms with van der Waals surface area (Å²) in [7, 11) is 0. The van der Waals surface area contributed by atoms with Crippen molar-refractivity contribution in [1.29, 1.82) is 0 Å². The predicted molar refractivity (Wildman–Crippen MR) is 94.4 cm³/mol. The van der Waals surface area contributed by atoms with E-state index < -0.39 is 0 Å². The van der Waals surface area contributed by atoms with Gasteiger partial charge in [-0.15, -0.1) is 0 Å². The smallest absolute Gasteiger partial charge is 0.163 e. The van der Waals surface area contributed by atoms with Crippen molar-refractivity contribution >= 4 is 11.0 Å². The number of nitrogens with two attached hydrogens (primary N) is 1. The second-order valence-corrected chi connectivity index (χ2v) is 6.06. The van der Waals surface area contributed by atoms with E-state index in [1.54, 1.807) is 0 Å². The molecule has 4 rings (SSSR count). The maximum absolute atomic E-state index is 6.24. The van der Waals surface area contributed by atoms with Crippen molar-refractivity contribution < 1.29 is 9.47 Å². The van der Waals surface area contributed by atoms with Crippen LogP contribution >= 0.6 is 0 Å². The van der Waals surface area contributed by atoms with E-state index in [0.29, 0.717) is 13.2 Å². The van der Waals surface area contributed by atoms with Crippen molar-refractivity contribution in [1.82, 2.24) is 9.55 Å². The van der Waals surface area contributed by atoms with Gasteiger partial charge in [-0.3, -0.25) is 0 Å². The van der Waals surface area contributed by atoms with Gasteiger partial charge in [-0.25, -0.2) is 4.98 Å². The SMILES string of the molecule is CCC(N)Cn1c(-c2ccccc2)nc2cc3c(cc21)OCCO3. The number of nitrogens with zero attached hydrogens (tertiary/aromatic N) is 2. The minimum atomic E-state index is 0.0815. The number of aromatic nitrogens is 2. The lowest BCUT2D eigenvalue weighted by atomic mass is 10.2. The lowest BCUT2D eigenvalue weighted by Gasteiger charge is -2.19. The van der Waals surface area contributed by atoms with Gasteiger partial charge in [0, 0.05) is 30.3 Å². The van der Waals surface area contributed by atoms with E-state index in [0.717, 1.165) is 46.9 Å². The maximum atomic E-state index is 6.24. The van der Waals surface area contributed by atoms with Crippen LogP contribution in [0.25, 0.3) is 22.4 Å². The first-order valence-corrected chi connectivity index (χ1v) is 8.37. The molecule has 1 aliphatic rings. The van der Waals surface area contributed by atoms with Crippen LogP contribution in [0.4, 0.5) is 0 Å². The van der Waals surface area contributed by atoms with Crippen LogP contribution in [0.2, 0.25) is 0 Å². The zero-order chi connectivity index (χ0) is 16.5. The average Bonchev–Trinajstić information content (AvgIpc) is 2.98. The number of rotatable bonds is 4. The minimum Gasteiger partial charge on any atom is -0.486 e. The van der Waals surface area contributed by atoms with Crippen LogP contribution in [0.15, 0.2) is 42.5 Å². The van der Waals surface area contributed by atoms with Gasteiger partial charge < -0.3 is 19.8 Å². The van der Waals surface area contributed by atoms with E-state index in [9.17, 15) is 0 Å². The first-order valence-electron chi connectivity index (χ1n) is 8.37. The predicted octanol–water partition coefficient (Wildman–Crippen LogP) is 3.21. The molecule has 0 saturated heterocycles. The second-order valence-electron chi connectivity index (χ2n) is 6.06. The van der Waals surface area contributed by atoms with Gasteiger partial charge in [0.1, 0.15) is 19.0 Å². The van der Waals surface area contributed by atoms with Gasteiger partial charge in [0.15, 0.2) is 11.5 Å². The number of benzene rings is 2. The maximum Gasteiger partial charge on any atom is 0.163 e. The van der Waals surface area contributed by atoms with Gasteiger partial charge in [-0.2, -0.15) is 0 Å². The normalized spacial score (nSPS) is 14.8. The Hall–Kier alpha value is -2.53. The summed E-state index contributed by atoms with van der Waals surface area (Å²) < 4.78 is 13.6. The van der Waals surface area contributed by atoms with Gasteiger partial charge in [0.25, 0.3) is 0 Å². The number of imidazole rings is 1. The van der Waals surface area contributed by atoms with Crippen molar-refractivity contribution in [2.24, 2.45) is 5.73 Å². The molecule has 2 N–H and O–H groups in total. The van der Waals surface area contributed by atoms with Crippen LogP contribution in [-0.4, -0.2) is 28.8 Å². The van der Waals surface area contributed by atoms with E-state index >= 15 is 0 Å². The summed E-state index contributed by atoms with van der Waals surface area (Å²) >= 11 is 0. The third-order valence-electron chi connectivity index (χ3n) is 4.39. The highest BCUT2D eigenvalue weighted by molar-refractivity contribution is 5.84. The number of fused-ring (bicyclic) bond motifs is 2. The summed E-state index contributed by atoms with van der Waals surface area (Å²) in [4.78, 5) is 4.85. The molecular formula is C19H21N3O2. The van der Waals surface area contributed by atoms with Gasteiger partial charge in [0.2, 0.25) is 0 Å². The first kappa shape index (κ1) is 15.0. The number of ether oxygens (including phenoxy) is 2. The molecular weight excluding hydrogens is 302 g/mol. The molecule has 0 spiro atoms. The van der Waals surface area contributed by atoms with Crippen LogP contribution in [0.3, 0.4) is 0 Å². The molecule has 0 fully saturated rings. The van der Waals surface area contributed by atoms with Crippen molar-refractivity contribution in [2.45, 2.75) is 25.9 Å². The standard InChI is InChI=1S/C19H21N3O2/c1-2-14(20)12-22-16-11-18-17(23-8-9-24-18)10-15(16)21-19(22)13-6-4-3-5-7-13/h3-7,10-11,14H,2,8-9,12,20H2,1H3. The van der Waals surface area contributed by atoms with Crippen molar-refractivity contribution in [2.75, 3.05) is 13.2 Å². The lowest BCUT2D eigenvalue weighted by Crippen LogP contribution is -2.25. The Bertz CT molecular complexity index is 858. The Balaban J connectivity index is 1.91. The Morgan fingerprint density at radius 3 is 2.54 bits per heavy atom. The second kappa shape index (κ2) is 6.17. The van der Waals surface area contributed by atoms with E-state index in [1.807, 2.05) is 30.3 Å². The molecule has 2 aromatic carbocycles. The fourth-order valence-corrected chi connectivity index (χ4v) is 3.02. The summed E-state index contributed by atoms with van der Waals surface area (Å²) in [5, 5.41) is 0. The summed E-state index contributed by atoms with van der Waals surface area (Å²) in [6, 6.07) is 14.3. The quantitative estimate of drug-likeness (QED) is 0.801. The Labute approximate surface area is 141 Å². The third-order valence-corrected chi connectivity index (χ3v) is 4.39. The van der Waals surface area contributed by atoms with E-state index in [2.05, 4.69) is 23.6 Å². The Kier molecular flexibility index (Phi) is 3.86. The molecule has 1 atom stereocenters. The molecule has 1 aliphatic heterocycles. The largest absolute Gasteiger partial charge is 0.486 e. The van der Waals surface area contributed by atoms with Crippen molar-refractivity contribution in [3.05, 3.63) is 42.5 Å². The highest BCUT2D eigenvalue weighted by Gasteiger charge is 2.19. The molecule has 3 aromatic rings. The van der Waals surface area contributed by atoms with E-state index in [-0.39, 0.29) is 6.04 Å². The summed E-state index contributed by atoms with van der Waals surface area (Å²) in [6.45, 7) is 3.97. The van der Waals surface area contributed by atoms with Crippen LogP contribution in [-0.2, 0) is 6.54 Å². The fourth-order valence-electron chi connectivity index (χ4n) is 3.02. The number of hydrogen-bond donors (Lipinski definition) is 1. The van der Waals surface area contributed by atoms with E-state index in [4.69, 9.17) is 20.2 Å².